The molecule has 166 valence electrons. The van der Waals surface area contributed by atoms with E-state index in [9.17, 15) is 26.3 Å². The molecule has 0 bridgehead atoms. The van der Waals surface area contributed by atoms with Crippen molar-refractivity contribution in [3.05, 3.63) is 71.3 Å². The Hall–Kier alpha value is -2.10. The summed E-state index contributed by atoms with van der Waals surface area (Å²) in [5, 5.41) is 3.22. The van der Waals surface area contributed by atoms with Crippen molar-refractivity contribution in [2.45, 2.75) is 43.9 Å². The maximum Gasteiger partial charge on any atom is 0.416 e. The van der Waals surface area contributed by atoms with Crippen LogP contribution in [0.25, 0.3) is 0 Å². The first-order valence-electron chi connectivity index (χ1n) is 9.23. The molecule has 0 spiro atoms. The third kappa shape index (κ3) is 6.20. The van der Waals surface area contributed by atoms with E-state index in [0.29, 0.717) is 30.7 Å². The fraction of sp³-hybridized carbons (Fsp3) is 0.429. The van der Waals surface area contributed by atoms with Gasteiger partial charge in [-0.3, -0.25) is 0 Å². The first kappa shape index (κ1) is 24.2. The molecule has 2 rings (SSSR count). The van der Waals surface area contributed by atoms with Crippen LogP contribution in [0.3, 0.4) is 0 Å². The summed E-state index contributed by atoms with van der Waals surface area (Å²) in [7, 11) is 0. The maximum absolute atomic E-state index is 13.0. The number of hydrogen-bond donors (Lipinski definition) is 2. The number of benzene rings is 1. The molecule has 3 nitrogen and oxygen atoms in total. The highest BCUT2D eigenvalue weighted by atomic mass is 19.4. The summed E-state index contributed by atoms with van der Waals surface area (Å²) in [6.07, 6.45) is -2.16. The van der Waals surface area contributed by atoms with Crippen molar-refractivity contribution in [2.75, 3.05) is 13.2 Å². The average Bonchev–Trinajstić information content (AvgIpc) is 3.02. The quantitative estimate of drug-likeness (QED) is 0.470. The lowest BCUT2D eigenvalue weighted by Gasteiger charge is -2.30. The van der Waals surface area contributed by atoms with Crippen LogP contribution in [0.5, 0.6) is 0 Å². The Morgan fingerprint density at radius 2 is 1.77 bits per heavy atom. The summed E-state index contributed by atoms with van der Waals surface area (Å²) in [4.78, 5) is 0. The molecule has 2 atom stereocenters. The van der Waals surface area contributed by atoms with E-state index >= 15 is 0 Å². The second-order valence-corrected chi connectivity index (χ2v) is 7.24. The van der Waals surface area contributed by atoms with Gasteiger partial charge in [-0.2, -0.15) is 26.3 Å². The van der Waals surface area contributed by atoms with E-state index < -0.39 is 35.6 Å². The van der Waals surface area contributed by atoms with Crippen molar-refractivity contribution in [1.29, 1.82) is 0 Å². The van der Waals surface area contributed by atoms with Gasteiger partial charge < -0.3 is 15.8 Å². The molecular formula is C21H24F6N2O. The summed E-state index contributed by atoms with van der Waals surface area (Å²) in [6.45, 7) is 5.93. The van der Waals surface area contributed by atoms with Crippen LogP contribution in [0.15, 0.2) is 54.7 Å². The van der Waals surface area contributed by atoms with Crippen LogP contribution >= 0.6 is 0 Å². The second-order valence-electron chi connectivity index (χ2n) is 7.24. The smallest absolute Gasteiger partial charge is 0.374 e. The van der Waals surface area contributed by atoms with Crippen LogP contribution in [0.2, 0.25) is 0 Å². The lowest BCUT2D eigenvalue weighted by atomic mass is 9.88. The molecule has 0 aliphatic carbocycles. The van der Waals surface area contributed by atoms with E-state index in [1.807, 2.05) is 13.0 Å². The van der Waals surface area contributed by atoms with Crippen molar-refractivity contribution in [2.24, 2.45) is 5.73 Å². The lowest BCUT2D eigenvalue weighted by Crippen LogP contribution is -2.45. The predicted molar refractivity (Wildman–Crippen MR) is 103 cm³/mol. The fourth-order valence-electron chi connectivity index (χ4n) is 3.25. The summed E-state index contributed by atoms with van der Waals surface area (Å²) in [5.74, 6) is 0. The molecule has 0 saturated carbocycles. The molecule has 1 saturated heterocycles. The zero-order valence-corrected chi connectivity index (χ0v) is 16.4. The Kier molecular flexibility index (Phi) is 7.54. The van der Waals surface area contributed by atoms with Crippen molar-refractivity contribution in [3.8, 4) is 0 Å². The minimum Gasteiger partial charge on any atom is -0.374 e. The molecule has 0 amide bonds. The summed E-state index contributed by atoms with van der Waals surface area (Å²) in [5.41, 5.74) is 2.93. The summed E-state index contributed by atoms with van der Waals surface area (Å²) < 4.78 is 83.6. The van der Waals surface area contributed by atoms with Gasteiger partial charge in [0.1, 0.15) is 0 Å². The normalized spacial score (nSPS) is 23.0. The van der Waals surface area contributed by atoms with Gasteiger partial charge in [-0.25, -0.2) is 0 Å². The van der Waals surface area contributed by atoms with Gasteiger partial charge in [0.25, 0.3) is 0 Å². The Morgan fingerprint density at radius 3 is 2.23 bits per heavy atom. The molecule has 1 aromatic rings. The van der Waals surface area contributed by atoms with E-state index in [2.05, 4.69) is 11.9 Å². The molecule has 30 heavy (non-hydrogen) atoms. The first-order valence-corrected chi connectivity index (χ1v) is 9.23. The van der Waals surface area contributed by atoms with Crippen LogP contribution in [0, 0.1) is 0 Å². The third-order valence-corrected chi connectivity index (χ3v) is 4.79. The molecule has 0 radical (unpaired) electrons. The number of allylic oxidation sites excluding steroid dienone is 3. The minimum atomic E-state index is -4.90. The number of hydrogen-bond acceptors (Lipinski definition) is 3. The van der Waals surface area contributed by atoms with Crippen LogP contribution < -0.4 is 11.1 Å². The number of alkyl halides is 6. The molecule has 1 aromatic carbocycles. The van der Waals surface area contributed by atoms with Gasteiger partial charge in [0.05, 0.1) is 29.9 Å². The number of nitrogens with two attached hydrogens (primary N) is 1. The van der Waals surface area contributed by atoms with Gasteiger partial charge in [0, 0.05) is 12.6 Å². The predicted octanol–water partition coefficient (Wildman–Crippen LogP) is 4.99. The highest BCUT2D eigenvalue weighted by Crippen LogP contribution is 2.36. The SMILES string of the molecule is C=C(/C=C\C=C/C)[C@]1(COCc2cc(C(F)(F)F)cc(C(F)(F)F)c2)C[C@H](N)CN1. The standard InChI is InChI=1S/C21H24F6N2O/c1-3-4-5-6-14(2)19(10-18(28)11-29-19)13-30-12-15-7-16(20(22,23)24)9-17(8-15)21(25,26)27/h3-9,18,29H,2,10-13,28H2,1H3/b4-3-,6-5-/t18-,19+/m0/s1. The van der Waals surface area contributed by atoms with Gasteiger partial charge in [-0.15, -0.1) is 0 Å². The fourth-order valence-corrected chi connectivity index (χ4v) is 3.25. The van der Waals surface area contributed by atoms with Gasteiger partial charge in [0.15, 0.2) is 0 Å². The maximum atomic E-state index is 13.0. The minimum absolute atomic E-state index is 0.00267. The second kappa shape index (κ2) is 9.36. The van der Waals surface area contributed by atoms with Gasteiger partial charge in [-0.05, 0) is 42.7 Å². The zero-order valence-electron chi connectivity index (χ0n) is 16.4. The van der Waals surface area contributed by atoms with Crippen molar-refractivity contribution < 1.29 is 31.1 Å². The molecular weight excluding hydrogens is 410 g/mol. The number of nitrogens with one attached hydrogen (secondary N) is 1. The van der Waals surface area contributed by atoms with E-state index in [-0.39, 0.29) is 24.3 Å². The number of ether oxygens (including phenoxy) is 1. The van der Waals surface area contributed by atoms with Gasteiger partial charge in [0.2, 0.25) is 0 Å². The topological polar surface area (TPSA) is 47.3 Å². The molecule has 1 heterocycles. The monoisotopic (exact) mass is 434 g/mol. The average molecular weight is 434 g/mol. The first-order chi connectivity index (χ1) is 13.9. The Bertz CT molecular complexity index is 780. The van der Waals surface area contributed by atoms with E-state index in [1.165, 1.54) is 0 Å². The highest BCUT2D eigenvalue weighted by molar-refractivity contribution is 5.34. The van der Waals surface area contributed by atoms with Crippen molar-refractivity contribution in [3.63, 3.8) is 0 Å². The van der Waals surface area contributed by atoms with E-state index in [1.54, 1.807) is 18.2 Å². The van der Waals surface area contributed by atoms with Crippen LogP contribution in [-0.4, -0.2) is 24.7 Å². The highest BCUT2D eigenvalue weighted by Gasteiger charge is 2.40. The Labute approximate surface area is 171 Å². The molecule has 1 aliphatic heterocycles. The van der Waals surface area contributed by atoms with E-state index in [0.717, 1.165) is 0 Å². The zero-order chi connectivity index (χ0) is 22.6. The van der Waals surface area contributed by atoms with Crippen LogP contribution in [0.4, 0.5) is 26.3 Å². The van der Waals surface area contributed by atoms with Gasteiger partial charge >= 0.3 is 12.4 Å². The van der Waals surface area contributed by atoms with Crippen LogP contribution in [0.1, 0.15) is 30.0 Å². The van der Waals surface area contributed by atoms with Gasteiger partial charge in [-0.1, -0.05) is 30.9 Å². The van der Waals surface area contributed by atoms with Crippen molar-refractivity contribution in [1.82, 2.24) is 5.32 Å². The molecule has 9 heteroatoms. The van der Waals surface area contributed by atoms with Crippen LogP contribution in [-0.2, 0) is 23.7 Å². The summed E-state index contributed by atoms with van der Waals surface area (Å²) >= 11 is 0. The Morgan fingerprint density at radius 1 is 1.17 bits per heavy atom. The number of halogens is 6. The third-order valence-electron chi connectivity index (χ3n) is 4.79. The molecule has 0 unspecified atom stereocenters. The largest absolute Gasteiger partial charge is 0.416 e. The van der Waals surface area contributed by atoms with E-state index in [4.69, 9.17) is 10.5 Å². The molecule has 0 aromatic heterocycles. The lowest BCUT2D eigenvalue weighted by molar-refractivity contribution is -0.143. The number of rotatable bonds is 7. The summed E-state index contributed by atoms with van der Waals surface area (Å²) in [6, 6.07) is 1.24. The Balaban J connectivity index is 2.19. The molecule has 1 aliphatic rings. The molecule has 1 fully saturated rings. The molecule has 3 N–H and O–H groups in total. The van der Waals surface area contributed by atoms with Crippen molar-refractivity contribution >= 4 is 0 Å².